The molecular formula is C25H29N5O. The van der Waals surface area contributed by atoms with E-state index in [2.05, 4.69) is 33.8 Å². The molecule has 0 radical (unpaired) electrons. The molecule has 0 saturated carbocycles. The van der Waals surface area contributed by atoms with E-state index < -0.39 is 0 Å². The van der Waals surface area contributed by atoms with Crippen LogP contribution in [0.25, 0.3) is 5.70 Å². The molecular weight excluding hydrogens is 386 g/mol. The van der Waals surface area contributed by atoms with Gasteiger partial charge in [0.15, 0.2) is 0 Å². The molecule has 0 spiro atoms. The van der Waals surface area contributed by atoms with Crippen LogP contribution in [0, 0.1) is 11.3 Å². The Morgan fingerprint density at radius 3 is 2.65 bits per heavy atom. The van der Waals surface area contributed by atoms with E-state index >= 15 is 0 Å². The Labute approximate surface area is 184 Å². The molecule has 2 fully saturated rings. The van der Waals surface area contributed by atoms with Gasteiger partial charge in [-0.2, -0.15) is 5.26 Å². The number of hydrogen-bond donors (Lipinski definition) is 0. The van der Waals surface area contributed by atoms with Crippen molar-refractivity contribution in [2.24, 2.45) is 4.99 Å². The molecule has 0 bridgehead atoms. The van der Waals surface area contributed by atoms with E-state index in [4.69, 9.17) is 9.73 Å². The Bertz CT molecular complexity index is 969. The first-order valence-electron chi connectivity index (χ1n) is 11.1. The zero-order valence-corrected chi connectivity index (χ0v) is 18.1. The highest BCUT2D eigenvalue weighted by atomic mass is 16.5. The highest BCUT2D eigenvalue weighted by molar-refractivity contribution is 5.89. The van der Waals surface area contributed by atoms with Crippen LogP contribution in [0.1, 0.15) is 37.3 Å². The SMILES string of the molecule is CCC/C(=N\C(=C1\CCN(c2cccnc2)C1)c1ccc(C#N)cc1)N1CCOCC1. The summed E-state index contributed by atoms with van der Waals surface area (Å²) in [6.07, 6.45) is 6.69. The second-order valence-electron chi connectivity index (χ2n) is 7.90. The maximum absolute atomic E-state index is 9.20. The smallest absolute Gasteiger partial charge is 0.105 e. The zero-order chi connectivity index (χ0) is 21.5. The monoisotopic (exact) mass is 415 g/mol. The molecule has 6 nitrogen and oxygen atoms in total. The van der Waals surface area contributed by atoms with Crippen LogP contribution in [0.5, 0.6) is 0 Å². The average molecular weight is 416 g/mol. The van der Waals surface area contributed by atoms with E-state index in [1.807, 2.05) is 42.7 Å². The molecule has 0 atom stereocenters. The van der Waals surface area contributed by atoms with Crippen molar-refractivity contribution >= 4 is 17.2 Å². The van der Waals surface area contributed by atoms with Gasteiger partial charge in [-0.25, -0.2) is 4.99 Å². The van der Waals surface area contributed by atoms with Gasteiger partial charge in [0, 0.05) is 44.4 Å². The number of nitriles is 1. The Kier molecular flexibility index (Phi) is 6.96. The number of anilines is 1. The quantitative estimate of drug-likeness (QED) is 0.543. The molecule has 4 rings (SSSR count). The summed E-state index contributed by atoms with van der Waals surface area (Å²) in [5.74, 6) is 1.14. The highest BCUT2D eigenvalue weighted by Gasteiger charge is 2.23. The van der Waals surface area contributed by atoms with Gasteiger partial charge >= 0.3 is 0 Å². The van der Waals surface area contributed by atoms with Crippen LogP contribution in [0.15, 0.2) is 59.4 Å². The Balaban J connectivity index is 1.72. The molecule has 31 heavy (non-hydrogen) atoms. The van der Waals surface area contributed by atoms with Gasteiger partial charge in [0.2, 0.25) is 0 Å². The second-order valence-corrected chi connectivity index (χ2v) is 7.90. The Hall–Kier alpha value is -3.17. The van der Waals surface area contributed by atoms with Crippen molar-refractivity contribution in [1.82, 2.24) is 9.88 Å². The third-order valence-corrected chi connectivity index (χ3v) is 5.79. The van der Waals surface area contributed by atoms with Gasteiger partial charge in [0.25, 0.3) is 0 Å². The Morgan fingerprint density at radius 2 is 1.97 bits per heavy atom. The van der Waals surface area contributed by atoms with Crippen LogP contribution in [0.2, 0.25) is 0 Å². The van der Waals surface area contributed by atoms with Crippen molar-refractivity contribution in [3.05, 3.63) is 65.5 Å². The number of rotatable bonds is 5. The van der Waals surface area contributed by atoms with Crippen molar-refractivity contribution < 1.29 is 4.74 Å². The van der Waals surface area contributed by atoms with Crippen LogP contribution in [-0.4, -0.2) is 55.1 Å². The first-order chi connectivity index (χ1) is 15.3. The number of pyridine rings is 1. The third kappa shape index (κ3) is 5.12. The fourth-order valence-electron chi connectivity index (χ4n) is 4.12. The molecule has 160 valence electrons. The summed E-state index contributed by atoms with van der Waals surface area (Å²) >= 11 is 0. The molecule has 0 N–H and O–H groups in total. The summed E-state index contributed by atoms with van der Waals surface area (Å²) in [6, 6.07) is 14.1. The first-order valence-corrected chi connectivity index (χ1v) is 11.1. The maximum atomic E-state index is 9.20. The summed E-state index contributed by atoms with van der Waals surface area (Å²) in [7, 11) is 0. The average Bonchev–Trinajstić information content (AvgIpc) is 3.33. The summed E-state index contributed by atoms with van der Waals surface area (Å²) < 4.78 is 5.55. The lowest BCUT2D eigenvalue weighted by molar-refractivity contribution is 0.0672. The molecule has 3 heterocycles. The van der Waals surface area contributed by atoms with Crippen molar-refractivity contribution in [2.75, 3.05) is 44.3 Å². The molecule has 2 aliphatic heterocycles. The highest BCUT2D eigenvalue weighted by Crippen LogP contribution is 2.31. The van der Waals surface area contributed by atoms with Gasteiger partial charge in [-0.3, -0.25) is 4.98 Å². The van der Waals surface area contributed by atoms with Gasteiger partial charge in [-0.1, -0.05) is 19.1 Å². The normalized spacial score (nSPS) is 18.8. The summed E-state index contributed by atoms with van der Waals surface area (Å²) in [5, 5.41) is 9.20. The standard InChI is InChI=1S/C25H29N5O/c1-2-4-24(29-13-15-31-16-14-29)28-25(21-8-6-20(17-26)7-9-21)22-10-12-30(19-22)23-5-3-11-27-18-23/h3,5-9,11,18H,2,4,10,12-16,19H2,1H3/b25-22-,28-24+. The zero-order valence-electron chi connectivity index (χ0n) is 18.1. The van der Waals surface area contributed by atoms with E-state index in [1.165, 1.54) is 5.57 Å². The van der Waals surface area contributed by atoms with Crippen molar-refractivity contribution in [3.63, 3.8) is 0 Å². The molecule has 0 aliphatic carbocycles. The predicted molar refractivity (Wildman–Crippen MR) is 124 cm³/mol. The second kappa shape index (κ2) is 10.2. The maximum Gasteiger partial charge on any atom is 0.105 e. The molecule has 0 unspecified atom stereocenters. The van der Waals surface area contributed by atoms with Crippen molar-refractivity contribution in [1.29, 1.82) is 5.26 Å². The lowest BCUT2D eigenvalue weighted by Crippen LogP contribution is -2.40. The molecule has 1 aromatic carbocycles. The topological polar surface area (TPSA) is 64.8 Å². The summed E-state index contributed by atoms with van der Waals surface area (Å²) in [6.45, 7) is 7.27. The number of aromatic nitrogens is 1. The minimum absolute atomic E-state index is 0.669. The summed E-state index contributed by atoms with van der Waals surface area (Å²) in [4.78, 5) is 14.3. The fourth-order valence-corrected chi connectivity index (χ4v) is 4.12. The number of benzene rings is 1. The van der Waals surface area contributed by atoms with Crippen LogP contribution in [0.3, 0.4) is 0 Å². The van der Waals surface area contributed by atoms with E-state index in [0.29, 0.717) is 5.56 Å². The van der Waals surface area contributed by atoms with E-state index in [0.717, 1.165) is 81.4 Å². The van der Waals surface area contributed by atoms with E-state index in [-0.39, 0.29) is 0 Å². The molecule has 6 heteroatoms. The lowest BCUT2D eigenvalue weighted by atomic mass is 10.0. The third-order valence-electron chi connectivity index (χ3n) is 5.79. The number of nitrogens with zero attached hydrogens (tertiary/aromatic N) is 5. The lowest BCUT2D eigenvalue weighted by Gasteiger charge is -2.30. The number of hydrogen-bond acceptors (Lipinski definition) is 5. The summed E-state index contributed by atoms with van der Waals surface area (Å²) in [5.41, 5.74) is 5.26. The number of amidine groups is 1. The van der Waals surface area contributed by atoms with Crippen molar-refractivity contribution in [3.8, 4) is 6.07 Å². The van der Waals surface area contributed by atoms with Gasteiger partial charge in [-0.05, 0) is 42.7 Å². The van der Waals surface area contributed by atoms with Crippen molar-refractivity contribution in [2.45, 2.75) is 26.2 Å². The van der Waals surface area contributed by atoms with E-state index in [1.54, 1.807) is 0 Å². The molecule has 2 saturated heterocycles. The van der Waals surface area contributed by atoms with Gasteiger partial charge in [0.1, 0.15) is 5.84 Å². The first kappa shape index (κ1) is 21.1. The number of aliphatic imine (C=N–C) groups is 1. The molecule has 1 aromatic heterocycles. The minimum atomic E-state index is 0.669. The Morgan fingerprint density at radius 1 is 1.16 bits per heavy atom. The molecule has 2 aliphatic rings. The van der Waals surface area contributed by atoms with Crippen LogP contribution >= 0.6 is 0 Å². The van der Waals surface area contributed by atoms with Gasteiger partial charge < -0.3 is 14.5 Å². The van der Waals surface area contributed by atoms with Gasteiger partial charge in [0.05, 0.1) is 42.4 Å². The molecule has 0 amide bonds. The number of ether oxygens (including phenoxy) is 1. The minimum Gasteiger partial charge on any atom is -0.378 e. The largest absolute Gasteiger partial charge is 0.378 e. The van der Waals surface area contributed by atoms with Crippen LogP contribution < -0.4 is 4.90 Å². The van der Waals surface area contributed by atoms with Crippen LogP contribution in [-0.2, 0) is 4.74 Å². The molecule has 2 aromatic rings. The fraction of sp³-hybridized carbons (Fsp3) is 0.400. The predicted octanol–water partition coefficient (Wildman–Crippen LogP) is 4.11. The number of morpholine rings is 1. The van der Waals surface area contributed by atoms with E-state index in [9.17, 15) is 5.26 Å². The van der Waals surface area contributed by atoms with Gasteiger partial charge in [-0.15, -0.1) is 0 Å². The van der Waals surface area contributed by atoms with Crippen LogP contribution in [0.4, 0.5) is 5.69 Å².